The largest absolute Gasteiger partial charge is 0.458 e. The first-order chi connectivity index (χ1) is 34.7. The van der Waals surface area contributed by atoms with Gasteiger partial charge in [-0.15, -0.1) is 5.10 Å². The van der Waals surface area contributed by atoms with Crippen LogP contribution >= 0.6 is 11.6 Å². The summed E-state index contributed by atoms with van der Waals surface area (Å²) in [5.74, 6) is -9.37. The second-order valence-corrected chi connectivity index (χ2v) is 22.1. The van der Waals surface area contributed by atoms with Gasteiger partial charge in [0.2, 0.25) is 0 Å². The highest BCUT2D eigenvalue weighted by Crippen LogP contribution is 2.49. The predicted octanol–water partition coefficient (Wildman–Crippen LogP) is 4.56. The number of esters is 2. The number of Topliss-reactive ketones (excluding diaryl/α,β-unsaturated/α-hetero) is 1. The van der Waals surface area contributed by atoms with Gasteiger partial charge in [-0.2, -0.15) is 0 Å². The predicted molar refractivity (Wildman–Crippen MR) is 268 cm³/mol. The van der Waals surface area contributed by atoms with Crippen LogP contribution in [0.5, 0.6) is 0 Å². The lowest BCUT2D eigenvalue weighted by Gasteiger charge is -2.50. The van der Waals surface area contributed by atoms with Gasteiger partial charge in [-0.1, -0.05) is 55.7 Å². The Bertz CT molecular complexity index is 2320. The molecule has 0 aliphatic carbocycles. The number of aliphatic hydroxyl groups excluding tert-OH is 2. The van der Waals surface area contributed by atoms with Crippen molar-refractivity contribution in [2.75, 3.05) is 28.3 Å². The van der Waals surface area contributed by atoms with Gasteiger partial charge in [-0.05, 0) is 93.1 Å². The average Bonchev–Trinajstić information content (AvgIpc) is 3.95. The molecule has 4 aliphatic rings. The number of carbonyl (C=O) groups excluding carboxylic acids is 4. The van der Waals surface area contributed by atoms with Crippen molar-refractivity contribution in [2.24, 2.45) is 46.4 Å². The maximum absolute atomic E-state index is 15.1. The summed E-state index contributed by atoms with van der Waals surface area (Å²) in [7, 11) is 6.71. The van der Waals surface area contributed by atoms with Crippen LogP contribution in [0.2, 0.25) is 5.02 Å². The first-order valence-corrected chi connectivity index (χ1v) is 26.0. The molecule has 0 amide bonds. The molecule has 2 aromatic rings. The Hall–Kier alpha value is -4.16. The van der Waals surface area contributed by atoms with E-state index in [0.717, 1.165) is 0 Å². The number of cyclic esters (lactones) is 1. The fraction of sp³-hybridized carbons (Fsp3) is 0.750. The molecule has 4 saturated heterocycles. The van der Waals surface area contributed by atoms with Crippen LogP contribution in [0, 0.1) is 35.5 Å². The number of benzene rings is 1. The Labute approximate surface area is 439 Å². The van der Waals surface area contributed by atoms with Gasteiger partial charge in [0.25, 0.3) is 0 Å². The van der Waals surface area contributed by atoms with Gasteiger partial charge in [0.15, 0.2) is 24.0 Å². The summed E-state index contributed by atoms with van der Waals surface area (Å²) in [6.07, 6.45) is -6.34. The fourth-order valence-electron chi connectivity index (χ4n) is 11.7. The second-order valence-electron chi connectivity index (χ2n) is 21.7. The number of nitrogens with two attached hydrogens (primary N) is 1. The number of amidine groups is 1. The number of aliphatic hydroxyl groups is 2. The minimum atomic E-state index is -1.67. The van der Waals surface area contributed by atoms with Crippen LogP contribution in [0.4, 0.5) is 0 Å². The minimum Gasteiger partial charge on any atom is -0.458 e. The summed E-state index contributed by atoms with van der Waals surface area (Å²) < 4.78 is 52.8. The summed E-state index contributed by atoms with van der Waals surface area (Å²) in [5.41, 5.74) is 3.62. The summed E-state index contributed by atoms with van der Waals surface area (Å²) in [4.78, 5) is 64.7. The average molecular weight is 1060 g/mol. The molecule has 0 spiro atoms. The number of fused-ring (bicyclic) bond motifs is 1. The van der Waals surface area contributed by atoms with Crippen LogP contribution < -0.4 is 5.73 Å². The number of ketones is 1. The first-order valence-electron chi connectivity index (χ1n) is 25.6. The number of likely N-dealkylation sites (N-methyl/N-ethyl adjacent to an activating group) is 1. The summed E-state index contributed by atoms with van der Waals surface area (Å²) in [6.45, 7) is 17.4. The SMILES string of the molecule is CC[C@H]1OC(=O)[C@H](C)[C@@H](OC2CC(C)(OC)C(O)C(C)O2)[C@H](C)[C@@H](OC2OC(C)CC(N(C)C)C2O)[C@@](C)(OC)C[C@@H](C)C(=O)[C@H](C)C2C(/C(N)=N\OC(=O)CCc3cn(-c4cccc(Cl)c4)nn3)C(=O)O[C@@]21C. The highest BCUT2D eigenvalue weighted by atomic mass is 35.5. The van der Waals surface area contributed by atoms with Gasteiger partial charge in [0.1, 0.15) is 30.0 Å². The molecule has 10 unspecified atom stereocenters. The normalized spacial score (nSPS) is 39.8. The lowest BCUT2D eigenvalue weighted by molar-refractivity contribution is -0.319. The van der Waals surface area contributed by atoms with Crippen LogP contribution in [0.25, 0.3) is 5.69 Å². The second kappa shape index (κ2) is 24.0. The third-order valence-electron chi connectivity index (χ3n) is 16.1. The lowest BCUT2D eigenvalue weighted by Crippen LogP contribution is -2.61. The Balaban J connectivity index is 1.36. The zero-order valence-electron chi connectivity index (χ0n) is 45.3. The van der Waals surface area contributed by atoms with E-state index in [4.69, 9.17) is 60.1 Å². The number of carbonyl (C=O) groups is 4. The molecule has 22 heteroatoms. The van der Waals surface area contributed by atoms with Crippen molar-refractivity contribution in [3.8, 4) is 5.69 Å². The molecule has 74 heavy (non-hydrogen) atoms. The number of aromatic nitrogens is 3. The number of hydrogen-bond donors (Lipinski definition) is 3. The standard InChI is InChI=1S/C52H79ClN6O15/c1-15-36-52(10)40(39(48(65)73-52)46(54)56-74-37(60)20-19-33-25-59(57-55-33)34-18-16-17-32(53)22-34)28(4)41(61)26(2)23-51(9,67-14)45(72-49-42(62)35(58(11)12)21-27(3)68-49)29(5)43(30(6)47(64)70-36)71-38-24-50(8,66-13)44(63)31(7)69-38/h16-18,22,25-31,35-36,38-40,42-45,49,62-63H,15,19-21,23-24H2,1-14H3,(H2,54,56)/t26-,27?,28-,29+,30-,31?,35?,36-,38?,39?,40?,42?,43+,44?,45-,49?,50?,51+,52-/m1/s1. The molecule has 0 bridgehead atoms. The van der Waals surface area contributed by atoms with E-state index in [9.17, 15) is 24.6 Å². The molecule has 4 N–H and O–H groups in total. The van der Waals surface area contributed by atoms with Crippen molar-refractivity contribution in [3.05, 3.63) is 41.2 Å². The molecular formula is C52H79ClN6O15. The van der Waals surface area contributed by atoms with Gasteiger partial charge < -0.3 is 63.6 Å². The van der Waals surface area contributed by atoms with Gasteiger partial charge in [-0.3, -0.25) is 14.4 Å². The molecule has 19 atom stereocenters. The van der Waals surface area contributed by atoms with E-state index >= 15 is 4.79 Å². The maximum atomic E-state index is 15.1. The number of oxime groups is 1. The molecule has 414 valence electrons. The Morgan fingerprint density at radius 3 is 2.30 bits per heavy atom. The quantitative estimate of drug-likeness (QED) is 0.0770. The number of methoxy groups -OCH3 is 2. The highest BCUT2D eigenvalue weighted by molar-refractivity contribution is 6.30. The topological polar surface area (TPSA) is 264 Å². The summed E-state index contributed by atoms with van der Waals surface area (Å²) >= 11 is 6.14. The zero-order chi connectivity index (χ0) is 54.8. The molecule has 5 heterocycles. The smallest absolute Gasteiger partial charge is 0.335 e. The highest BCUT2D eigenvalue weighted by Gasteiger charge is 2.63. The molecule has 0 radical (unpaired) electrons. The van der Waals surface area contributed by atoms with Crippen molar-refractivity contribution in [2.45, 2.75) is 186 Å². The van der Waals surface area contributed by atoms with Crippen LogP contribution in [0.3, 0.4) is 0 Å². The van der Waals surface area contributed by atoms with Gasteiger partial charge in [0.05, 0.1) is 65.5 Å². The zero-order valence-corrected chi connectivity index (χ0v) is 46.0. The molecule has 6 rings (SSSR count). The van der Waals surface area contributed by atoms with Crippen molar-refractivity contribution in [1.82, 2.24) is 19.9 Å². The fourth-order valence-corrected chi connectivity index (χ4v) is 11.9. The number of nitrogens with zero attached hydrogens (tertiary/aromatic N) is 5. The Kier molecular flexibility index (Phi) is 19.2. The summed E-state index contributed by atoms with van der Waals surface area (Å²) in [6, 6.07) is 6.68. The lowest BCUT2D eigenvalue weighted by atomic mass is 9.67. The van der Waals surface area contributed by atoms with E-state index in [2.05, 4.69) is 15.5 Å². The Morgan fingerprint density at radius 1 is 0.973 bits per heavy atom. The molecular weight excluding hydrogens is 984 g/mol. The van der Waals surface area contributed by atoms with Crippen molar-refractivity contribution < 1.29 is 72.1 Å². The van der Waals surface area contributed by atoms with Crippen molar-refractivity contribution >= 4 is 41.1 Å². The maximum Gasteiger partial charge on any atom is 0.335 e. The number of hydrogen-bond acceptors (Lipinski definition) is 19. The van der Waals surface area contributed by atoms with E-state index in [1.165, 1.54) is 18.9 Å². The molecule has 1 aromatic heterocycles. The van der Waals surface area contributed by atoms with Gasteiger partial charge in [0, 0.05) is 61.8 Å². The van der Waals surface area contributed by atoms with E-state index in [1.54, 1.807) is 85.9 Å². The van der Waals surface area contributed by atoms with Crippen LogP contribution in [-0.4, -0.2) is 166 Å². The molecule has 4 fully saturated rings. The Morgan fingerprint density at radius 2 is 1.66 bits per heavy atom. The van der Waals surface area contributed by atoms with Crippen molar-refractivity contribution in [3.63, 3.8) is 0 Å². The molecule has 1 aromatic carbocycles. The first kappa shape index (κ1) is 59.1. The van der Waals surface area contributed by atoms with E-state index < -0.39 is 125 Å². The number of halogens is 1. The van der Waals surface area contributed by atoms with E-state index in [1.807, 2.05) is 32.8 Å². The number of aryl methyl sites for hydroxylation is 1. The third kappa shape index (κ3) is 12.5. The number of ether oxygens (including phenoxy) is 8. The van der Waals surface area contributed by atoms with Crippen LogP contribution in [0.15, 0.2) is 35.6 Å². The van der Waals surface area contributed by atoms with Gasteiger partial charge >= 0.3 is 17.9 Å². The van der Waals surface area contributed by atoms with Crippen LogP contribution in [-0.2, 0) is 68.3 Å². The van der Waals surface area contributed by atoms with Crippen LogP contribution in [0.1, 0.15) is 107 Å². The third-order valence-corrected chi connectivity index (χ3v) is 16.3. The summed E-state index contributed by atoms with van der Waals surface area (Å²) in [5, 5.41) is 35.7. The monoisotopic (exact) mass is 1060 g/mol. The molecule has 0 saturated carbocycles. The molecule has 21 nitrogen and oxygen atoms in total. The van der Waals surface area contributed by atoms with Gasteiger partial charge in [-0.25, -0.2) is 9.48 Å². The molecule has 4 aliphatic heterocycles. The minimum absolute atomic E-state index is 0.0295. The number of rotatable bonds is 14. The van der Waals surface area contributed by atoms with E-state index in [0.29, 0.717) is 22.8 Å². The van der Waals surface area contributed by atoms with Crippen molar-refractivity contribution in [1.29, 1.82) is 0 Å². The van der Waals surface area contributed by atoms with E-state index in [-0.39, 0.29) is 50.0 Å².